The van der Waals surface area contributed by atoms with Crippen LogP contribution in [0.5, 0.6) is 0 Å². The second kappa shape index (κ2) is 6.37. The predicted molar refractivity (Wildman–Crippen MR) is 91.0 cm³/mol. The van der Waals surface area contributed by atoms with E-state index in [9.17, 15) is 0 Å². The highest BCUT2D eigenvalue weighted by molar-refractivity contribution is 5.86. The second-order valence-corrected chi connectivity index (χ2v) is 6.24. The second-order valence-electron chi connectivity index (χ2n) is 6.24. The lowest BCUT2D eigenvalue weighted by molar-refractivity contribution is 0.299. The molecule has 1 aromatic heterocycles. The van der Waals surface area contributed by atoms with Crippen molar-refractivity contribution in [1.29, 1.82) is 0 Å². The molecule has 0 aliphatic heterocycles. The average Bonchev–Trinajstić information content (AvgIpc) is 2.90. The summed E-state index contributed by atoms with van der Waals surface area (Å²) in [6.07, 6.45) is 3.49. The maximum absolute atomic E-state index is 9.14. The van der Waals surface area contributed by atoms with Crippen molar-refractivity contribution < 1.29 is 9.52 Å². The number of aliphatic hydroxyl groups is 1. The van der Waals surface area contributed by atoms with Crippen molar-refractivity contribution in [1.82, 2.24) is 0 Å². The van der Waals surface area contributed by atoms with Crippen molar-refractivity contribution in [2.75, 3.05) is 6.61 Å². The first-order chi connectivity index (χ1) is 10.7. The largest absolute Gasteiger partial charge is 0.464 e. The molecule has 0 radical (unpaired) electrons. The van der Waals surface area contributed by atoms with Gasteiger partial charge >= 0.3 is 0 Å². The van der Waals surface area contributed by atoms with Gasteiger partial charge in [-0.2, -0.15) is 0 Å². The third-order valence-corrected chi connectivity index (χ3v) is 3.97. The molecule has 2 nitrogen and oxygen atoms in total. The van der Waals surface area contributed by atoms with Gasteiger partial charge in [0.25, 0.3) is 0 Å². The van der Waals surface area contributed by atoms with Gasteiger partial charge in [0.05, 0.1) is 6.26 Å². The van der Waals surface area contributed by atoms with E-state index in [0.29, 0.717) is 12.3 Å². The van der Waals surface area contributed by atoms with Gasteiger partial charge in [0.2, 0.25) is 0 Å². The van der Waals surface area contributed by atoms with E-state index in [2.05, 4.69) is 50.2 Å². The van der Waals surface area contributed by atoms with Crippen LogP contribution in [-0.4, -0.2) is 11.7 Å². The Morgan fingerprint density at radius 2 is 1.73 bits per heavy atom. The molecule has 3 aromatic rings. The Morgan fingerprint density at radius 3 is 2.41 bits per heavy atom. The van der Waals surface area contributed by atoms with Crippen molar-refractivity contribution in [3.05, 3.63) is 59.9 Å². The highest BCUT2D eigenvalue weighted by Gasteiger charge is 2.08. The van der Waals surface area contributed by atoms with E-state index in [1.54, 1.807) is 6.26 Å². The molecule has 114 valence electrons. The fourth-order valence-corrected chi connectivity index (χ4v) is 2.88. The lowest BCUT2D eigenvalue weighted by Gasteiger charge is -2.07. The van der Waals surface area contributed by atoms with Gasteiger partial charge in [-0.3, -0.25) is 0 Å². The topological polar surface area (TPSA) is 33.4 Å². The Balaban J connectivity index is 1.93. The van der Waals surface area contributed by atoms with Gasteiger partial charge in [0, 0.05) is 17.6 Å². The summed E-state index contributed by atoms with van der Waals surface area (Å²) in [5.74, 6) is 0.675. The molecule has 1 N–H and O–H groups in total. The fourth-order valence-electron chi connectivity index (χ4n) is 2.88. The minimum absolute atomic E-state index is 0.142. The summed E-state index contributed by atoms with van der Waals surface area (Å²) in [6, 6.07) is 15.0. The summed E-state index contributed by atoms with van der Waals surface area (Å²) in [5.41, 5.74) is 5.72. The molecule has 0 spiro atoms. The number of benzene rings is 2. The number of hydrogen-bond acceptors (Lipinski definition) is 2. The van der Waals surface area contributed by atoms with Crippen LogP contribution in [0.2, 0.25) is 0 Å². The Kier molecular flexibility index (Phi) is 4.30. The van der Waals surface area contributed by atoms with Crippen LogP contribution in [0.4, 0.5) is 0 Å². The molecule has 0 saturated heterocycles. The van der Waals surface area contributed by atoms with E-state index in [1.807, 2.05) is 6.07 Å². The van der Waals surface area contributed by atoms with Crippen molar-refractivity contribution in [3.8, 4) is 11.1 Å². The van der Waals surface area contributed by atoms with Gasteiger partial charge in [-0.05, 0) is 47.6 Å². The highest BCUT2D eigenvalue weighted by Crippen LogP contribution is 2.28. The minimum atomic E-state index is 0.142. The number of furan rings is 1. The summed E-state index contributed by atoms with van der Waals surface area (Å²) < 4.78 is 5.54. The lowest BCUT2D eigenvalue weighted by Crippen LogP contribution is -1.93. The Morgan fingerprint density at radius 1 is 1.00 bits per heavy atom. The minimum Gasteiger partial charge on any atom is -0.464 e. The predicted octanol–water partition coefficient (Wildman–Crippen LogP) is 4.83. The van der Waals surface area contributed by atoms with Gasteiger partial charge in [-0.25, -0.2) is 0 Å². The first-order valence-electron chi connectivity index (χ1n) is 7.87. The summed E-state index contributed by atoms with van der Waals surface area (Å²) in [7, 11) is 0. The van der Waals surface area contributed by atoms with Crippen LogP contribution in [-0.2, 0) is 12.8 Å². The number of hydrogen-bond donors (Lipinski definition) is 1. The maximum atomic E-state index is 9.14. The molecular weight excluding hydrogens is 272 g/mol. The van der Waals surface area contributed by atoms with E-state index in [4.69, 9.17) is 9.52 Å². The van der Waals surface area contributed by atoms with Crippen LogP contribution < -0.4 is 0 Å². The summed E-state index contributed by atoms with van der Waals surface area (Å²) in [6.45, 7) is 4.62. The molecule has 3 rings (SSSR count). The van der Waals surface area contributed by atoms with Gasteiger partial charge in [-0.1, -0.05) is 44.2 Å². The molecule has 0 atom stereocenters. The van der Waals surface area contributed by atoms with Crippen molar-refractivity contribution >= 4 is 11.0 Å². The quantitative estimate of drug-likeness (QED) is 0.731. The normalized spacial score (nSPS) is 11.5. The zero-order valence-corrected chi connectivity index (χ0v) is 13.2. The summed E-state index contributed by atoms with van der Waals surface area (Å²) >= 11 is 0. The van der Waals surface area contributed by atoms with Gasteiger partial charge in [0.1, 0.15) is 5.58 Å². The number of rotatable bonds is 5. The van der Waals surface area contributed by atoms with Crippen LogP contribution >= 0.6 is 0 Å². The Hall–Kier alpha value is -2.06. The van der Waals surface area contributed by atoms with E-state index >= 15 is 0 Å². The third kappa shape index (κ3) is 3.07. The monoisotopic (exact) mass is 294 g/mol. The van der Waals surface area contributed by atoms with Crippen LogP contribution in [0, 0.1) is 5.92 Å². The summed E-state index contributed by atoms with van der Waals surface area (Å²) in [4.78, 5) is 0. The van der Waals surface area contributed by atoms with Crippen LogP contribution in [0.3, 0.4) is 0 Å². The van der Waals surface area contributed by atoms with Crippen LogP contribution in [0.1, 0.15) is 25.0 Å². The first-order valence-corrected chi connectivity index (χ1v) is 7.87. The average molecular weight is 294 g/mol. The van der Waals surface area contributed by atoms with E-state index in [-0.39, 0.29) is 6.61 Å². The number of fused-ring (bicyclic) bond motifs is 1. The van der Waals surface area contributed by atoms with E-state index in [0.717, 1.165) is 23.0 Å². The fraction of sp³-hybridized carbons (Fsp3) is 0.300. The Bertz CT molecular complexity index is 751. The molecule has 0 aliphatic rings. The van der Waals surface area contributed by atoms with Crippen molar-refractivity contribution in [2.45, 2.75) is 26.7 Å². The van der Waals surface area contributed by atoms with Gasteiger partial charge < -0.3 is 9.52 Å². The van der Waals surface area contributed by atoms with Gasteiger partial charge in [0.15, 0.2) is 0 Å². The molecule has 1 heterocycles. The highest BCUT2D eigenvalue weighted by atomic mass is 16.3. The maximum Gasteiger partial charge on any atom is 0.134 e. The molecule has 0 unspecified atom stereocenters. The molecule has 2 heteroatoms. The van der Waals surface area contributed by atoms with Crippen molar-refractivity contribution in [3.63, 3.8) is 0 Å². The van der Waals surface area contributed by atoms with Crippen LogP contribution in [0.25, 0.3) is 22.1 Å². The first kappa shape index (κ1) is 14.9. The van der Waals surface area contributed by atoms with E-state index < -0.39 is 0 Å². The SMILES string of the molecule is CC(C)Cc1ccc(-c2ccc3occ(CCO)c3c2)cc1. The third-order valence-electron chi connectivity index (χ3n) is 3.97. The molecule has 0 saturated carbocycles. The number of aliphatic hydroxyl groups excluding tert-OH is 1. The van der Waals surface area contributed by atoms with Crippen LogP contribution in [0.15, 0.2) is 53.1 Å². The molecule has 0 amide bonds. The van der Waals surface area contributed by atoms with Gasteiger partial charge in [-0.15, -0.1) is 0 Å². The molecular formula is C20H22O2. The lowest BCUT2D eigenvalue weighted by atomic mass is 9.98. The Labute approximate surface area is 131 Å². The zero-order chi connectivity index (χ0) is 15.5. The molecule has 0 bridgehead atoms. The molecule has 0 fully saturated rings. The summed E-state index contributed by atoms with van der Waals surface area (Å²) in [5, 5.41) is 10.2. The van der Waals surface area contributed by atoms with E-state index in [1.165, 1.54) is 16.7 Å². The smallest absolute Gasteiger partial charge is 0.134 e. The standard InChI is InChI=1S/C20H22O2/c1-14(2)11-15-3-5-16(6-4-15)17-7-8-20-19(12-17)18(9-10-21)13-22-20/h3-8,12-14,21H,9-11H2,1-2H3. The molecule has 22 heavy (non-hydrogen) atoms. The van der Waals surface area contributed by atoms with Crippen molar-refractivity contribution in [2.24, 2.45) is 5.92 Å². The molecule has 0 aliphatic carbocycles. The molecule has 2 aromatic carbocycles. The zero-order valence-electron chi connectivity index (χ0n) is 13.2.